The molecule has 2 rings (SSSR count). The number of aliphatic hydroxyl groups excluding tert-OH is 1. The van der Waals surface area contributed by atoms with Crippen LogP contribution in [-0.4, -0.2) is 64.5 Å². The molecule has 2 aromatic rings. The Labute approximate surface area is 174 Å². The maximum Gasteiger partial charge on any atom is 0.414 e. The molecule has 1 unspecified atom stereocenters. The van der Waals surface area contributed by atoms with Gasteiger partial charge in [0.15, 0.2) is 0 Å². The van der Waals surface area contributed by atoms with Gasteiger partial charge in [-0.3, -0.25) is 0 Å². The number of aromatic hydroxyl groups is 1. The van der Waals surface area contributed by atoms with Gasteiger partial charge in [0.25, 0.3) is 0 Å². The molecule has 0 saturated heterocycles. The average molecular weight is 424 g/mol. The highest BCUT2D eigenvalue weighted by Crippen LogP contribution is 2.41. The van der Waals surface area contributed by atoms with E-state index in [2.05, 4.69) is 4.90 Å². The van der Waals surface area contributed by atoms with E-state index in [1.165, 1.54) is 0 Å². The van der Waals surface area contributed by atoms with Crippen LogP contribution in [0.4, 0.5) is 0 Å². The highest BCUT2D eigenvalue weighted by atomic mass is 35.5. The van der Waals surface area contributed by atoms with Crippen molar-refractivity contribution >= 4 is 23.5 Å². The number of aliphatic carboxylic acids is 2. The molecule has 0 aliphatic heterocycles. The molecule has 0 heterocycles. The predicted molar refractivity (Wildman–Crippen MR) is 110 cm³/mol. The van der Waals surface area contributed by atoms with Crippen molar-refractivity contribution in [2.24, 2.45) is 0 Å². The van der Waals surface area contributed by atoms with Gasteiger partial charge in [0.2, 0.25) is 0 Å². The number of aliphatic hydroxyl groups is 1. The van der Waals surface area contributed by atoms with Crippen LogP contribution in [0.25, 0.3) is 0 Å². The van der Waals surface area contributed by atoms with Crippen LogP contribution in [0.5, 0.6) is 5.75 Å². The van der Waals surface area contributed by atoms with Crippen LogP contribution in [0.2, 0.25) is 5.02 Å². The number of hydrogen-bond donors (Lipinski definition) is 4. The van der Waals surface area contributed by atoms with E-state index in [0.717, 1.165) is 24.9 Å². The van der Waals surface area contributed by atoms with E-state index in [4.69, 9.17) is 31.4 Å². The van der Waals surface area contributed by atoms with Crippen molar-refractivity contribution in [2.75, 3.05) is 27.2 Å². The Kier molecular flexibility index (Phi) is 9.61. The smallest absolute Gasteiger partial charge is 0.414 e. The van der Waals surface area contributed by atoms with Crippen LogP contribution >= 0.6 is 11.6 Å². The van der Waals surface area contributed by atoms with E-state index in [-0.39, 0.29) is 12.4 Å². The number of phenols is 1. The summed E-state index contributed by atoms with van der Waals surface area (Å²) in [6.07, 6.45) is 1.62. The SMILES string of the molecule is CN(C)CCCC(CO)(c1ccccc1)c1cc(Cl)ccc1O.O=C(O)C(=O)O. The summed E-state index contributed by atoms with van der Waals surface area (Å²) in [6.45, 7) is 0.828. The molecule has 0 fully saturated rings. The zero-order valence-electron chi connectivity index (χ0n) is 16.4. The van der Waals surface area contributed by atoms with E-state index in [1.54, 1.807) is 18.2 Å². The van der Waals surface area contributed by atoms with Crippen molar-refractivity contribution in [3.05, 3.63) is 64.7 Å². The van der Waals surface area contributed by atoms with Crippen molar-refractivity contribution in [2.45, 2.75) is 18.3 Å². The lowest BCUT2D eigenvalue weighted by atomic mass is 9.71. The van der Waals surface area contributed by atoms with E-state index in [1.807, 2.05) is 44.4 Å². The van der Waals surface area contributed by atoms with Crippen molar-refractivity contribution in [1.82, 2.24) is 4.90 Å². The molecular weight excluding hydrogens is 398 g/mol. The van der Waals surface area contributed by atoms with Gasteiger partial charge >= 0.3 is 11.9 Å². The highest BCUT2D eigenvalue weighted by Gasteiger charge is 2.35. The zero-order valence-corrected chi connectivity index (χ0v) is 17.1. The number of carboxylic acid groups (broad SMARTS) is 2. The fourth-order valence-electron chi connectivity index (χ4n) is 3.04. The second kappa shape index (κ2) is 11.4. The molecule has 158 valence electrons. The van der Waals surface area contributed by atoms with Crippen LogP contribution in [0, 0.1) is 0 Å². The minimum atomic E-state index is -1.82. The van der Waals surface area contributed by atoms with Gasteiger partial charge in [-0.15, -0.1) is 0 Å². The largest absolute Gasteiger partial charge is 0.508 e. The van der Waals surface area contributed by atoms with Gasteiger partial charge in [0.05, 0.1) is 6.61 Å². The van der Waals surface area contributed by atoms with E-state index in [0.29, 0.717) is 10.6 Å². The summed E-state index contributed by atoms with van der Waals surface area (Å²) in [5, 5.41) is 36.0. The van der Waals surface area contributed by atoms with Crippen molar-refractivity contribution in [1.29, 1.82) is 0 Å². The number of hydrogen-bond acceptors (Lipinski definition) is 5. The lowest BCUT2D eigenvalue weighted by molar-refractivity contribution is -0.159. The van der Waals surface area contributed by atoms with E-state index < -0.39 is 17.4 Å². The Balaban J connectivity index is 0.000000612. The van der Waals surface area contributed by atoms with Crippen molar-refractivity contribution < 1.29 is 30.0 Å². The van der Waals surface area contributed by atoms with Crippen LogP contribution < -0.4 is 0 Å². The van der Waals surface area contributed by atoms with Crippen molar-refractivity contribution in [3.8, 4) is 5.75 Å². The van der Waals surface area contributed by atoms with Gasteiger partial charge < -0.3 is 25.3 Å². The lowest BCUT2D eigenvalue weighted by Crippen LogP contribution is -2.33. The maximum absolute atomic E-state index is 10.4. The number of carboxylic acids is 2. The Morgan fingerprint density at radius 2 is 1.62 bits per heavy atom. The summed E-state index contributed by atoms with van der Waals surface area (Å²) in [5.74, 6) is -3.48. The Morgan fingerprint density at radius 1 is 1.03 bits per heavy atom. The molecular formula is C21H26ClNO6. The van der Waals surface area contributed by atoms with Crippen LogP contribution in [0.1, 0.15) is 24.0 Å². The Morgan fingerprint density at radius 3 is 2.10 bits per heavy atom. The van der Waals surface area contributed by atoms with Gasteiger partial charge in [-0.1, -0.05) is 41.9 Å². The molecule has 4 N–H and O–H groups in total. The third-order valence-corrected chi connectivity index (χ3v) is 4.70. The average Bonchev–Trinajstić information content (AvgIpc) is 2.68. The summed E-state index contributed by atoms with van der Waals surface area (Å²) < 4.78 is 0. The molecule has 1 atom stereocenters. The highest BCUT2D eigenvalue weighted by molar-refractivity contribution is 6.30. The number of phenolic OH excluding ortho intramolecular Hbond substituents is 1. The van der Waals surface area contributed by atoms with Crippen LogP contribution in [0.3, 0.4) is 0 Å². The molecule has 0 aliphatic rings. The van der Waals surface area contributed by atoms with E-state index in [9.17, 15) is 10.2 Å². The summed E-state index contributed by atoms with van der Waals surface area (Å²) >= 11 is 6.15. The van der Waals surface area contributed by atoms with Gasteiger partial charge in [-0.2, -0.15) is 0 Å². The fraction of sp³-hybridized carbons (Fsp3) is 0.333. The number of carbonyl (C=O) groups is 2. The molecule has 0 saturated carbocycles. The Bertz CT molecular complexity index is 800. The first-order chi connectivity index (χ1) is 13.6. The van der Waals surface area contributed by atoms with Crippen LogP contribution in [-0.2, 0) is 15.0 Å². The molecule has 0 amide bonds. The minimum absolute atomic E-state index is 0.0850. The molecule has 0 spiro atoms. The summed E-state index contributed by atoms with van der Waals surface area (Å²) in [5.41, 5.74) is 1.00. The molecule has 8 heteroatoms. The number of nitrogens with zero attached hydrogens (tertiary/aromatic N) is 1. The molecule has 0 bridgehead atoms. The summed E-state index contributed by atoms with van der Waals surface area (Å²) in [7, 11) is 4.06. The molecule has 7 nitrogen and oxygen atoms in total. The summed E-state index contributed by atoms with van der Waals surface area (Å²) in [4.78, 5) is 20.3. The second-order valence-electron chi connectivity index (χ2n) is 6.78. The predicted octanol–water partition coefficient (Wildman–Crippen LogP) is 2.82. The van der Waals surface area contributed by atoms with Gasteiger partial charge in [0.1, 0.15) is 5.75 Å². The van der Waals surface area contributed by atoms with Gasteiger partial charge in [-0.25, -0.2) is 9.59 Å². The number of benzene rings is 2. The van der Waals surface area contributed by atoms with Crippen LogP contribution in [0.15, 0.2) is 48.5 Å². The molecule has 0 radical (unpaired) electrons. The third kappa shape index (κ3) is 7.05. The third-order valence-electron chi connectivity index (χ3n) is 4.46. The zero-order chi connectivity index (χ0) is 22.0. The normalized spacial score (nSPS) is 12.6. The van der Waals surface area contributed by atoms with Gasteiger partial charge in [-0.05, 0) is 57.2 Å². The summed E-state index contributed by atoms with van der Waals surface area (Å²) in [6, 6.07) is 14.8. The minimum Gasteiger partial charge on any atom is -0.508 e. The lowest BCUT2D eigenvalue weighted by Gasteiger charge is -2.34. The number of halogens is 1. The first kappa shape index (κ1) is 24.4. The molecule has 0 aromatic heterocycles. The van der Waals surface area contributed by atoms with E-state index >= 15 is 0 Å². The second-order valence-corrected chi connectivity index (χ2v) is 7.22. The topological polar surface area (TPSA) is 118 Å². The van der Waals surface area contributed by atoms with Crippen molar-refractivity contribution in [3.63, 3.8) is 0 Å². The van der Waals surface area contributed by atoms with Gasteiger partial charge in [0, 0.05) is 16.0 Å². The fourth-order valence-corrected chi connectivity index (χ4v) is 3.21. The molecule has 2 aromatic carbocycles. The first-order valence-corrected chi connectivity index (χ1v) is 9.28. The molecule has 29 heavy (non-hydrogen) atoms. The maximum atomic E-state index is 10.4. The number of rotatable bonds is 7. The monoisotopic (exact) mass is 423 g/mol. The standard InChI is InChI=1S/C19H24ClNO2.C2H2O4/c1-21(2)12-6-11-19(14-22,15-7-4-3-5-8-15)17-13-16(20)9-10-18(17)23;3-1(4)2(5)6/h3-5,7-10,13,22-23H,6,11-12,14H2,1-2H3;(H,3,4)(H,5,6). The first-order valence-electron chi connectivity index (χ1n) is 8.90. The molecule has 0 aliphatic carbocycles. The quantitative estimate of drug-likeness (QED) is 0.505. The Hall–Kier alpha value is -2.61.